The Labute approximate surface area is 111 Å². The Morgan fingerprint density at radius 1 is 1.22 bits per heavy atom. The SMILES string of the molecule is [CH2]C(O)C(CC(O)CO)OCC(CC)CCCC. The third-order valence-electron chi connectivity index (χ3n) is 3.23. The van der Waals surface area contributed by atoms with Gasteiger partial charge >= 0.3 is 0 Å². The molecule has 0 saturated heterocycles. The van der Waals surface area contributed by atoms with Gasteiger partial charge in [0.1, 0.15) is 0 Å². The Hall–Kier alpha value is -0.160. The summed E-state index contributed by atoms with van der Waals surface area (Å²) < 4.78 is 5.64. The van der Waals surface area contributed by atoms with Crippen molar-refractivity contribution in [3.8, 4) is 0 Å². The van der Waals surface area contributed by atoms with Gasteiger partial charge < -0.3 is 20.1 Å². The van der Waals surface area contributed by atoms with Crippen LogP contribution >= 0.6 is 0 Å². The van der Waals surface area contributed by atoms with E-state index in [1.54, 1.807) is 0 Å². The van der Waals surface area contributed by atoms with Crippen LogP contribution in [0.5, 0.6) is 0 Å². The van der Waals surface area contributed by atoms with Crippen LogP contribution in [0.3, 0.4) is 0 Å². The van der Waals surface area contributed by atoms with Crippen LogP contribution in [0.25, 0.3) is 0 Å². The molecule has 0 rings (SSSR count). The molecule has 0 aromatic carbocycles. The van der Waals surface area contributed by atoms with E-state index in [0.717, 1.165) is 12.8 Å². The number of hydrogen-bond acceptors (Lipinski definition) is 4. The standard InChI is InChI=1S/C14H29O4/c1-4-6-7-12(5-2)10-18-14(11(3)16)8-13(17)9-15/h11-17H,3-10H2,1-2H3. The molecule has 0 amide bonds. The van der Waals surface area contributed by atoms with Crippen molar-refractivity contribution in [3.05, 3.63) is 6.92 Å². The van der Waals surface area contributed by atoms with Crippen molar-refractivity contribution in [2.75, 3.05) is 13.2 Å². The Bertz CT molecular complexity index is 185. The van der Waals surface area contributed by atoms with Crippen molar-refractivity contribution in [2.45, 2.75) is 64.3 Å². The van der Waals surface area contributed by atoms with Crippen molar-refractivity contribution in [2.24, 2.45) is 5.92 Å². The molecule has 0 spiro atoms. The fourth-order valence-electron chi connectivity index (χ4n) is 1.84. The Kier molecular flexibility index (Phi) is 10.6. The maximum Gasteiger partial charge on any atom is 0.0859 e. The second kappa shape index (κ2) is 10.7. The van der Waals surface area contributed by atoms with Crippen LogP contribution in [-0.2, 0) is 4.74 Å². The summed E-state index contributed by atoms with van der Waals surface area (Å²) in [6.07, 6.45) is 2.48. The smallest absolute Gasteiger partial charge is 0.0859 e. The van der Waals surface area contributed by atoms with E-state index in [9.17, 15) is 10.2 Å². The predicted octanol–water partition coefficient (Wildman–Crippen LogP) is 1.53. The van der Waals surface area contributed by atoms with E-state index in [0.29, 0.717) is 12.5 Å². The number of aliphatic hydroxyl groups is 3. The highest BCUT2D eigenvalue weighted by molar-refractivity contribution is 4.75. The van der Waals surface area contributed by atoms with E-state index >= 15 is 0 Å². The van der Waals surface area contributed by atoms with Gasteiger partial charge in [0.15, 0.2) is 0 Å². The molecular formula is C14H29O4. The molecule has 3 N–H and O–H groups in total. The molecule has 0 aromatic rings. The summed E-state index contributed by atoms with van der Waals surface area (Å²) in [5.41, 5.74) is 0. The second-order valence-electron chi connectivity index (χ2n) is 4.93. The molecule has 0 aromatic heterocycles. The van der Waals surface area contributed by atoms with Crippen molar-refractivity contribution in [1.82, 2.24) is 0 Å². The lowest BCUT2D eigenvalue weighted by molar-refractivity contribution is -0.0628. The van der Waals surface area contributed by atoms with Crippen molar-refractivity contribution < 1.29 is 20.1 Å². The topological polar surface area (TPSA) is 69.9 Å². The summed E-state index contributed by atoms with van der Waals surface area (Å²) >= 11 is 0. The van der Waals surface area contributed by atoms with Gasteiger partial charge in [-0.05, 0) is 19.3 Å². The van der Waals surface area contributed by atoms with Crippen LogP contribution in [-0.4, -0.2) is 46.8 Å². The zero-order valence-electron chi connectivity index (χ0n) is 11.7. The zero-order chi connectivity index (χ0) is 14.0. The van der Waals surface area contributed by atoms with Crippen molar-refractivity contribution >= 4 is 0 Å². The number of ether oxygens (including phenoxy) is 1. The van der Waals surface area contributed by atoms with Gasteiger partial charge in [-0.3, -0.25) is 0 Å². The van der Waals surface area contributed by atoms with Crippen LogP contribution in [0, 0.1) is 12.8 Å². The Balaban J connectivity index is 4.07. The van der Waals surface area contributed by atoms with Crippen LogP contribution in [0.2, 0.25) is 0 Å². The highest BCUT2D eigenvalue weighted by Crippen LogP contribution is 2.16. The lowest BCUT2D eigenvalue weighted by atomic mass is 10.00. The zero-order valence-corrected chi connectivity index (χ0v) is 11.7. The fraction of sp³-hybridized carbons (Fsp3) is 0.929. The second-order valence-corrected chi connectivity index (χ2v) is 4.93. The summed E-state index contributed by atoms with van der Waals surface area (Å²) in [5, 5.41) is 27.7. The molecule has 109 valence electrons. The first-order chi connectivity index (χ1) is 8.54. The number of hydrogen-bond donors (Lipinski definition) is 3. The first kappa shape index (κ1) is 17.8. The molecule has 0 bridgehead atoms. The van der Waals surface area contributed by atoms with E-state index in [1.807, 2.05) is 0 Å². The molecule has 0 aliphatic carbocycles. The van der Waals surface area contributed by atoms with Gasteiger partial charge in [-0.15, -0.1) is 0 Å². The van der Waals surface area contributed by atoms with Crippen molar-refractivity contribution in [1.29, 1.82) is 0 Å². The average molecular weight is 261 g/mol. The van der Waals surface area contributed by atoms with Gasteiger partial charge in [0, 0.05) is 13.0 Å². The molecule has 4 heteroatoms. The molecule has 18 heavy (non-hydrogen) atoms. The third kappa shape index (κ3) is 8.03. The molecule has 4 nitrogen and oxygen atoms in total. The van der Waals surface area contributed by atoms with E-state index in [-0.39, 0.29) is 13.0 Å². The third-order valence-corrected chi connectivity index (χ3v) is 3.23. The highest BCUT2D eigenvalue weighted by atomic mass is 16.5. The Morgan fingerprint density at radius 3 is 2.33 bits per heavy atom. The predicted molar refractivity (Wildman–Crippen MR) is 72.1 cm³/mol. The maximum absolute atomic E-state index is 9.49. The summed E-state index contributed by atoms with van der Waals surface area (Å²) in [7, 11) is 0. The molecule has 0 aliphatic rings. The van der Waals surface area contributed by atoms with Gasteiger partial charge in [0.25, 0.3) is 0 Å². The van der Waals surface area contributed by atoms with E-state index in [2.05, 4.69) is 20.8 Å². The van der Waals surface area contributed by atoms with Crippen LogP contribution in [0.15, 0.2) is 0 Å². The molecular weight excluding hydrogens is 232 g/mol. The average Bonchev–Trinajstić information content (AvgIpc) is 2.36. The number of aliphatic hydroxyl groups excluding tert-OH is 3. The lowest BCUT2D eigenvalue weighted by Crippen LogP contribution is -2.33. The van der Waals surface area contributed by atoms with Gasteiger partial charge in [0.05, 0.1) is 24.9 Å². The molecule has 0 aliphatic heterocycles. The van der Waals surface area contributed by atoms with Gasteiger partial charge in [-0.1, -0.05) is 33.1 Å². The van der Waals surface area contributed by atoms with Crippen LogP contribution in [0.1, 0.15) is 46.0 Å². The van der Waals surface area contributed by atoms with Gasteiger partial charge in [-0.2, -0.15) is 0 Å². The van der Waals surface area contributed by atoms with Crippen LogP contribution < -0.4 is 0 Å². The van der Waals surface area contributed by atoms with E-state index in [4.69, 9.17) is 9.84 Å². The first-order valence-electron chi connectivity index (χ1n) is 6.96. The Morgan fingerprint density at radius 2 is 1.89 bits per heavy atom. The molecule has 0 saturated carbocycles. The van der Waals surface area contributed by atoms with E-state index < -0.39 is 18.3 Å². The van der Waals surface area contributed by atoms with Crippen LogP contribution in [0.4, 0.5) is 0 Å². The summed E-state index contributed by atoms with van der Waals surface area (Å²) in [4.78, 5) is 0. The minimum atomic E-state index is -0.880. The van der Waals surface area contributed by atoms with E-state index in [1.165, 1.54) is 12.8 Å². The molecule has 4 atom stereocenters. The van der Waals surface area contributed by atoms with Crippen molar-refractivity contribution in [3.63, 3.8) is 0 Å². The highest BCUT2D eigenvalue weighted by Gasteiger charge is 2.21. The monoisotopic (exact) mass is 261 g/mol. The fourth-order valence-corrected chi connectivity index (χ4v) is 1.84. The normalized spacial score (nSPS) is 18.3. The largest absolute Gasteiger partial charge is 0.394 e. The number of unbranched alkanes of at least 4 members (excludes halogenated alkanes) is 1. The number of rotatable bonds is 11. The molecule has 0 fully saturated rings. The molecule has 4 unspecified atom stereocenters. The minimum absolute atomic E-state index is 0.214. The summed E-state index contributed by atoms with van der Waals surface area (Å²) in [6.45, 7) is 8.07. The lowest BCUT2D eigenvalue weighted by Gasteiger charge is -2.25. The van der Waals surface area contributed by atoms with Gasteiger partial charge in [-0.25, -0.2) is 0 Å². The summed E-state index contributed by atoms with van der Waals surface area (Å²) in [5.74, 6) is 0.484. The molecule has 0 heterocycles. The quantitative estimate of drug-likeness (QED) is 0.527. The summed E-state index contributed by atoms with van der Waals surface area (Å²) in [6, 6.07) is 0. The first-order valence-corrected chi connectivity index (χ1v) is 6.96. The minimum Gasteiger partial charge on any atom is -0.394 e. The van der Waals surface area contributed by atoms with Gasteiger partial charge in [0.2, 0.25) is 0 Å². The molecule has 1 radical (unpaired) electrons. The maximum atomic E-state index is 9.49.